The highest BCUT2D eigenvalue weighted by atomic mass is 32.2. The number of hydrogen-bond donors (Lipinski definition) is 1. The number of sulfone groups is 1. The van der Waals surface area contributed by atoms with E-state index >= 15 is 0 Å². The summed E-state index contributed by atoms with van der Waals surface area (Å²) >= 11 is 0. The minimum atomic E-state index is -3.49. The SMILES string of the molecule is COc1ccc(C)cc1S(=O)(=O)C(C)N. The van der Waals surface area contributed by atoms with E-state index < -0.39 is 15.2 Å². The number of benzene rings is 1. The Kier molecular flexibility index (Phi) is 3.36. The number of rotatable bonds is 3. The lowest BCUT2D eigenvalue weighted by Gasteiger charge is -2.12. The van der Waals surface area contributed by atoms with Gasteiger partial charge in [0.05, 0.1) is 7.11 Å². The van der Waals surface area contributed by atoms with Crippen LogP contribution in [0.5, 0.6) is 5.75 Å². The minimum Gasteiger partial charge on any atom is -0.495 e. The van der Waals surface area contributed by atoms with E-state index in [9.17, 15) is 8.42 Å². The van der Waals surface area contributed by atoms with Crippen LogP contribution in [0.25, 0.3) is 0 Å². The van der Waals surface area contributed by atoms with E-state index in [4.69, 9.17) is 10.5 Å². The van der Waals surface area contributed by atoms with Crippen LogP contribution in [0.1, 0.15) is 12.5 Å². The molecule has 0 amide bonds. The quantitative estimate of drug-likeness (QED) is 0.842. The average molecular weight is 229 g/mol. The molecule has 0 aliphatic rings. The van der Waals surface area contributed by atoms with Crippen molar-refractivity contribution in [3.05, 3.63) is 23.8 Å². The third kappa shape index (κ3) is 2.30. The molecule has 0 bridgehead atoms. The molecular formula is C10H15NO3S. The summed E-state index contributed by atoms with van der Waals surface area (Å²) in [7, 11) is -2.05. The van der Waals surface area contributed by atoms with Crippen molar-refractivity contribution in [2.75, 3.05) is 7.11 Å². The Morgan fingerprint density at radius 3 is 2.47 bits per heavy atom. The van der Waals surface area contributed by atoms with Gasteiger partial charge in [0.25, 0.3) is 0 Å². The summed E-state index contributed by atoms with van der Waals surface area (Å²) in [5, 5.41) is -0.937. The van der Waals surface area contributed by atoms with Crippen molar-refractivity contribution in [1.29, 1.82) is 0 Å². The summed E-state index contributed by atoms with van der Waals surface area (Å²) in [5.41, 5.74) is 6.29. The molecule has 15 heavy (non-hydrogen) atoms. The fraction of sp³-hybridized carbons (Fsp3) is 0.400. The van der Waals surface area contributed by atoms with Crippen LogP contribution in [0, 0.1) is 6.92 Å². The van der Waals surface area contributed by atoms with Crippen molar-refractivity contribution in [3.8, 4) is 5.75 Å². The first-order valence-corrected chi connectivity index (χ1v) is 6.08. The molecule has 0 aromatic heterocycles. The number of hydrogen-bond acceptors (Lipinski definition) is 4. The minimum absolute atomic E-state index is 0.153. The van der Waals surface area contributed by atoms with Gasteiger partial charge in [-0.05, 0) is 31.5 Å². The molecule has 1 atom stereocenters. The van der Waals surface area contributed by atoms with Gasteiger partial charge in [-0.15, -0.1) is 0 Å². The van der Waals surface area contributed by atoms with Gasteiger partial charge in [-0.1, -0.05) is 6.07 Å². The number of nitrogens with two attached hydrogens (primary N) is 1. The van der Waals surface area contributed by atoms with Crippen LogP contribution in [0.4, 0.5) is 0 Å². The summed E-state index contributed by atoms with van der Waals surface area (Å²) < 4.78 is 28.7. The molecule has 0 fully saturated rings. The van der Waals surface area contributed by atoms with Gasteiger partial charge in [-0.2, -0.15) is 0 Å². The molecule has 0 heterocycles. The molecule has 0 aliphatic carbocycles. The maximum absolute atomic E-state index is 11.9. The van der Waals surface area contributed by atoms with Crippen molar-refractivity contribution in [2.24, 2.45) is 5.73 Å². The second-order valence-corrected chi connectivity index (χ2v) is 5.68. The third-order valence-electron chi connectivity index (χ3n) is 2.12. The summed E-state index contributed by atoms with van der Waals surface area (Å²) in [6, 6.07) is 4.99. The van der Waals surface area contributed by atoms with E-state index in [0.29, 0.717) is 5.75 Å². The predicted molar refractivity (Wildman–Crippen MR) is 58.6 cm³/mol. The Morgan fingerprint density at radius 2 is 2.00 bits per heavy atom. The van der Waals surface area contributed by atoms with Gasteiger partial charge in [-0.3, -0.25) is 0 Å². The molecule has 0 spiro atoms. The van der Waals surface area contributed by atoms with E-state index in [1.807, 2.05) is 6.92 Å². The number of aryl methyl sites for hydroxylation is 1. The second kappa shape index (κ2) is 4.20. The van der Waals surface area contributed by atoms with E-state index in [2.05, 4.69) is 0 Å². The standard InChI is InChI=1S/C10H15NO3S/c1-7-4-5-9(14-3)10(6-7)15(12,13)8(2)11/h4-6,8H,11H2,1-3H3. The highest BCUT2D eigenvalue weighted by Gasteiger charge is 2.23. The maximum Gasteiger partial charge on any atom is 0.197 e. The monoisotopic (exact) mass is 229 g/mol. The molecule has 1 rings (SSSR count). The van der Waals surface area contributed by atoms with Crippen LogP contribution in [-0.4, -0.2) is 20.9 Å². The molecule has 0 aliphatic heterocycles. The Labute approximate surface area is 90.0 Å². The normalized spacial score (nSPS) is 13.6. The molecule has 0 radical (unpaired) electrons. The van der Waals surface area contributed by atoms with Gasteiger partial charge in [0.15, 0.2) is 9.84 Å². The van der Waals surface area contributed by atoms with E-state index in [0.717, 1.165) is 5.56 Å². The first kappa shape index (κ1) is 12.0. The van der Waals surface area contributed by atoms with E-state index in [1.54, 1.807) is 18.2 Å². The highest BCUT2D eigenvalue weighted by Crippen LogP contribution is 2.26. The van der Waals surface area contributed by atoms with Crippen LogP contribution < -0.4 is 10.5 Å². The van der Waals surface area contributed by atoms with Gasteiger partial charge >= 0.3 is 0 Å². The Balaban J connectivity index is 3.42. The van der Waals surface area contributed by atoms with E-state index in [1.165, 1.54) is 14.0 Å². The van der Waals surface area contributed by atoms with Crippen LogP contribution in [0.15, 0.2) is 23.1 Å². The third-order valence-corrected chi connectivity index (χ3v) is 4.03. The largest absolute Gasteiger partial charge is 0.495 e. The summed E-state index contributed by atoms with van der Waals surface area (Å²) in [4.78, 5) is 0.153. The molecule has 2 N–H and O–H groups in total. The molecule has 1 unspecified atom stereocenters. The lowest BCUT2D eigenvalue weighted by atomic mass is 10.2. The van der Waals surface area contributed by atoms with Gasteiger partial charge < -0.3 is 10.5 Å². The summed E-state index contributed by atoms with van der Waals surface area (Å²) in [6.45, 7) is 3.26. The molecule has 0 saturated carbocycles. The van der Waals surface area contributed by atoms with Crippen molar-refractivity contribution in [3.63, 3.8) is 0 Å². The van der Waals surface area contributed by atoms with Crippen LogP contribution in [0.3, 0.4) is 0 Å². The molecule has 1 aromatic carbocycles. The summed E-state index contributed by atoms with van der Waals surface area (Å²) in [6.07, 6.45) is 0. The van der Waals surface area contributed by atoms with Gasteiger partial charge in [0, 0.05) is 0 Å². The molecule has 4 nitrogen and oxygen atoms in total. The smallest absolute Gasteiger partial charge is 0.197 e. The molecule has 1 aromatic rings. The topological polar surface area (TPSA) is 69.4 Å². The molecular weight excluding hydrogens is 214 g/mol. The first-order valence-electron chi connectivity index (χ1n) is 4.53. The van der Waals surface area contributed by atoms with E-state index in [-0.39, 0.29) is 4.90 Å². The Bertz CT molecular complexity index is 452. The first-order chi connectivity index (χ1) is 6.89. The zero-order valence-corrected chi connectivity index (χ0v) is 9.84. The lowest BCUT2D eigenvalue weighted by molar-refractivity contribution is 0.402. The second-order valence-electron chi connectivity index (χ2n) is 3.40. The van der Waals surface area contributed by atoms with Crippen LogP contribution in [-0.2, 0) is 9.84 Å². The van der Waals surface area contributed by atoms with Gasteiger partial charge in [0.1, 0.15) is 16.0 Å². The average Bonchev–Trinajstić information content (AvgIpc) is 2.17. The Hall–Kier alpha value is -1.07. The van der Waals surface area contributed by atoms with Gasteiger partial charge in [-0.25, -0.2) is 8.42 Å². The molecule has 84 valence electrons. The van der Waals surface area contributed by atoms with Crippen molar-refractivity contribution in [1.82, 2.24) is 0 Å². The zero-order chi connectivity index (χ0) is 11.6. The fourth-order valence-corrected chi connectivity index (χ4v) is 2.39. The Morgan fingerprint density at radius 1 is 1.40 bits per heavy atom. The zero-order valence-electron chi connectivity index (χ0n) is 9.02. The number of ether oxygens (including phenoxy) is 1. The predicted octanol–water partition coefficient (Wildman–Crippen LogP) is 1.08. The molecule has 5 heteroatoms. The summed E-state index contributed by atoms with van der Waals surface area (Å²) in [5.74, 6) is 0.331. The maximum atomic E-state index is 11.9. The number of methoxy groups -OCH3 is 1. The van der Waals surface area contributed by atoms with Gasteiger partial charge in [0.2, 0.25) is 0 Å². The van der Waals surface area contributed by atoms with Crippen LogP contribution >= 0.6 is 0 Å². The van der Waals surface area contributed by atoms with Crippen molar-refractivity contribution in [2.45, 2.75) is 24.1 Å². The van der Waals surface area contributed by atoms with Crippen molar-refractivity contribution < 1.29 is 13.2 Å². The van der Waals surface area contributed by atoms with Crippen molar-refractivity contribution >= 4 is 9.84 Å². The van der Waals surface area contributed by atoms with Crippen LogP contribution in [0.2, 0.25) is 0 Å². The highest BCUT2D eigenvalue weighted by molar-refractivity contribution is 7.92. The molecule has 0 saturated heterocycles. The fourth-order valence-electron chi connectivity index (χ4n) is 1.21. The lowest BCUT2D eigenvalue weighted by Crippen LogP contribution is -2.27.